The van der Waals surface area contributed by atoms with E-state index in [0.29, 0.717) is 5.56 Å². The highest BCUT2D eigenvalue weighted by molar-refractivity contribution is 7.92. The summed E-state index contributed by atoms with van der Waals surface area (Å²) in [5.74, 6) is -0.566. The van der Waals surface area contributed by atoms with Gasteiger partial charge >= 0.3 is 5.97 Å². The number of nitrogens with one attached hydrogen (secondary N) is 2. The van der Waals surface area contributed by atoms with Crippen LogP contribution >= 0.6 is 12.2 Å². The van der Waals surface area contributed by atoms with Crippen molar-refractivity contribution < 1.29 is 17.9 Å². The first-order valence-electron chi connectivity index (χ1n) is 5.26. The maximum atomic E-state index is 11.7. The van der Waals surface area contributed by atoms with Crippen molar-refractivity contribution in [3.63, 3.8) is 0 Å². The number of carbonyl (C=O) groups excluding carboxylic acids is 1. The Bertz CT molecular complexity index is 567. The number of hydrogen-bond donors (Lipinski definition) is 3. The van der Waals surface area contributed by atoms with Gasteiger partial charge < -0.3 is 10.5 Å². The van der Waals surface area contributed by atoms with Crippen molar-refractivity contribution in [2.75, 3.05) is 17.6 Å². The van der Waals surface area contributed by atoms with Crippen LogP contribution < -0.4 is 10.5 Å². The van der Waals surface area contributed by atoms with Crippen molar-refractivity contribution in [1.29, 1.82) is 0 Å². The summed E-state index contributed by atoms with van der Waals surface area (Å²) in [5.41, 5.74) is 5.72. The fourth-order valence-corrected chi connectivity index (χ4v) is 2.51. The molecule has 0 aliphatic heterocycles. The number of nitrogens with two attached hydrogens (primary N) is 1. The topological polar surface area (TPSA) is 127 Å². The summed E-state index contributed by atoms with van der Waals surface area (Å²) in [4.78, 5) is 10.9. The third-order valence-electron chi connectivity index (χ3n) is 2.18. The van der Waals surface area contributed by atoms with E-state index in [1.165, 1.54) is 13.3 Å². The Morgan fingerprint density at radius 1 is 1.63 bits per heavy atom. The van der Waals surface area contributed by atoms with Gasteiger partial charge in [-0.05, 0) is 6.42 Å². The minimum Gasteiger partial charge on any atom is -0.469 e. The third kappa shape index (κ3) is 4.83. The van der Waals surface area contributed by atoms with E-state index in [0.717, 1.165) is 0 Å². The van der Waals surface area contributed by atoms with Crippen LogP contribution in [0.25, 0.3) is 0 Å². The molecule has 1 aromatic rings. The van der Waals surface area contributed by atoms with Crippen LogP contribution in [0.4, 0.5) is 5.82 Å². The predicted molar refractivity (Wildman–Crippen MR) is 73.1 cm³/mol. The summed E-state index contributed by atoms with van der Waals surface area (Å²) in [6.07, 6.45) is 1.51. The van der Waals surface area contributed by atoms with E-state index < -0.39 is 16.0 Å². The molecule has 0 aromatic carbocycles. The molecule has 4 N–H and O–H groups in total. The molecule has 0 fully saturated rings. The molecule has 0 aliphatic carbocycles. The van der Waals surface area contributed by atoms with Crippen LogP contribution in [0.2, 0.25) is 0 Å². The van der Waals surface area contributed by atoms with Crippen LogP contribution in [0.3, 0.4) is 0 Å². The number of carbonyl (C=O) groups is 1. The minimum atomic E-state index is -3.61. The minimum absolute atomic E-state index is 0.0287. The summed E-state index contributed by atoms with van der Waals surface area (Å²) < 4.78 is 30.2. The van der Waals surface area contributed by atoms with Crippen LogP contribution in [0.15, 0.2) is 6.20 Å². The number of anilines is 1. The van der Waals surface area contributed by atoms with Gasteiger partial charge in [0.1, 0.15) is 10.8 Å². The first-order valence-corrected chi connectivity index (χ1v) is 7.32. The zero-order valence-corrected chi connectivity index (χ0v) is 11.8. The summed E-state index contributed by atoms with van der Waals surface area (Å²) in [7, 11) is -2.36. The van der Waals surface area contributed by atoms with Crippen LogP contribution in [0.5, 0.6) is 0 Å². The van der Waals surface area contributed by atoms with Crippen molar-refractivity contribution in [2.45, 2.75) is 12.8 Å². The maximum Gasteiger partial charge on any atom is 0.305 e. The van der Waals surface area contributed by atoms with Gasteiger partial charge in [-0.3, -0.25) is 14.6 Å². The summed E-state index contributed by atoms with van der Waals surface area (Å²) in [6, 6.07) is 0. The lowest BCUT2D eigenvalue weighted by Gasteiger charge is -2.07. The lowest BCUT2D eigenvalue weighted by molar-refractivity contribution is -0.140. The molecule has 0 saturated heterocycles. The molecular weight excluding hydrogens is 292 g/mol. The van der Waals surface area contributed by atoms with Gasteiger partial charge in [-0.25, -0.2) is 8.42 Å². The van der Waals surface area contributed by atoms with Gasteiger partial charge in [0, 0.05) is 6.42 Å². The summed E-state index contributed by atoms with van der Waals surface area (Å²) in [5, 5.41) is 6.11. The molecule has 0 amide bonds. The lowest BCUT2D eigenvalue weighted by Crippen LogP contribution is -2.20. The number of rotatable bonds is 7. The Balaban J connectivity index is 2.62. The van der Waals surface area contributed by atoms with Crippen molar-refractivity contribution in [3.05, 3.63) is 11.8 Å². The third-order valence-corrected chi connectivity index (χ3v) is 3.75. The van der Waals surface area contributed by atoms with Gasteiger partial charge in [0.15, 0.2) is 0 Å². The number of sulfonamides is 1. The molecule has 8 nitrogen and oxygen atoms in total. The van der Waals surface area contributed by atoms with E-state index in [9.17, 15) is 13.2 Å². The summed E-state index contributed by atoms with van der Waals surface area (Å²) in [6.45, 7) is 0. The van der Waals surface area contributed by atoms with Crippen molar-refractivity contribution in [3.8, 4) is 0 Å². The standard InChI is InChI=1S/C9H14N4O4S2/c1-17-7(14)3-2-4-19(15,16)13-9-6(8(10)18)5-11-12-9/h5H,2-4H2,1H3,(H2,10,18)(H2,11,12,13). The van der Waals surface area contributed by atoms with Crippen molar-refractivity contribution in [2.24, 2.45) is 5.73 Å². The van der Waals surface area contributed by atoms with Crippen LogP contribution in [0.1, 0.15) is 18.4 Å². The maximum absolute atomic E-state index is 11.7. The first-order chi connectivity index (χ1) is 8.85. The second-order valence-corrected chi connectivity index (χ2v) is 5.91. The largest absolute Gasteiger partial charge is 0.469 e. The highest BCUT2D eigenvalue weighted by atomic mass is 32.2. The second kappa shape index (κ2) is 6.48. The normalized spacial score (nSPS) is 11.0. The van der Waals surface area contributed by atoms with Gasteiger partial charge in [0.25, 0.3) is 0 Å². The summed E-state index contributed by atoms with van der Waals surface area (Å²) >= 11 is 4.75. The molecule has 10 heteroatoms. The number of hydrogen-bond acceptors (Lipinski definition) is 6. The van der Waals surface area contributed by atoms with E-state index in [2.05, 4.69) is 19.7 Å². The lowest BCUT2D eigenvalue weighted by atomic mass is 10.3. The van der Waals surface area contributed by atoms with E-state index in [4.69, 9.17) is 18.0 Å². The van der Waals surface area contributed by atoms with E-state index in [1.807, 2.05) is 0 Å². The molecule has 0 unspecified atom stereocenters. The van der Waals surface area contributed by atoms with Crippen LogP contribution in [-0.4, -0.2) is 42.4 Å². The molecule has 0 saturated carbocycles. The molecule has 0 spiro atoms. The number of thiocarbonyl (C=S) groups is 1. The smallest absolute Gasteiger partial charge is 0.305 e. The first kappa shape index (κ1) is 15.4. The zero-order valence-electron chi connectivity index (χ0n) is 10.2. The molecule has 1 aromatic heterocycles. The molecular formula is C9H14N4O4S2. The SMILES string of the molecule is COC(=O)CCCS(=O)(=O)Nc1[nH]ncc1C(N)=S. The Morgan fingerprint density at radius 2 is 2.32 bits per heavy atom. The predicted octanol–water partition coefficient (Wildman–Crippen LogP) is -0.261. The van der Waals surface area contributed by atoms with Crippen molar-refractivity contribution in [1.82, 2.24) is 10.2 Å². The molecule has 19 heavy (non-hydrogen) atoms. The monoisotopic (exact) mass is 306 g/mol. The molecule has 106 valence electrons. The van der Waals surface area contributed by atoms with E-state index in [1.54, 1.807) is 0 Å². The number of ether oxygens (including phenoxy) is 1. The van der Waals surface area contributed by atoms with Gasteiger partial charge in [0.05, 0.1) is 24.6 Å². The fourth-order valence-electron chi connectivity index (χ4n) is 1.27. The Kier molecular flexibility index (Phi) is 5.24. The molecule has 1 heterocycles. The van der Waals surface area contributed by atoms with E-state index in [-0.39, 0.29) is 29.4 Å². The Morgan fingerprint density at radius 3 is 2.89 bits per heavy atom. The Hall–Kier alpha value is -1.68. The molecule has 0 atom stereocenters. The van der Waals surface area contributed by atoms with E-state index >= 15 is 0 Å². The quantitative estimate of drug-likeness (QED) is 0.467. The van der Waals surface area contributed by atoms with Crippen molar-refractivity contribution >= 4 is 39.0 Å². The number of aromatic amines is 1. The van der Waals surface area contributed by atoms with Crippen LogP contribution in [0, 0.1) is 0 Å². The van der Waals surface area contributed by atoms with Crippen LogP contribution in [-0.2, 0) is 19.6 Å². The average Bonchev–Trinajstić information content (AvgIpc) is 2.75. The van der Waals surface area contributed by atoms with Gasteiger partial charge in [-0.2, -0.15) is 5.10 Å². The second-order valence-electron chi connectivity index (χ2n) is 3.62. The number of methoxy groups -OCH3 is 1. The highest BCUT2D eigenvalue weighted by Crippen LogP contribution is 2.13. The van der Waals surface area contributed by atoms with Gasteiger partial charge in [0.2, 0.25) is 10.0 Å². The molecule has 0 bridgehead atoms. The Labute approximate surface area is 115 Å². The molecule has 1 rings (SSSR count). The highest BCUT2D eigenvalue weighted by Gasteiger charge is 2.16. The number of aromatic nitrogens is 2. The molecule has 0 aliphatic rings. The molecule has 0 radical (unpaired) electrons. The average molecular weight is 306 g/mol. The fraction of sp³-hybridized carbons (Fsp3) is 0.444. The zero-order chi connectivity index (χ0) is 14.5. The van der Waals surface area contributed by atoms with Gasteiger partial charge in [-0.15, -0.1) is 0 Å². The number of H-pyrrole nitrogens is 1. The number of nitrogens with zero attached hydrogens (tertiary/aromatic N) is 1. The number of esters is 1. The van der Waals surface area contributed by atoms with Gasteiger partial charge in [-0.1, -0.05) is 12.2 Å².